The number of benzene rings is 1. The van der Waals surface area contributed by atoms with Gasteiger partial charge < -0.3 is 19.4 Å². The Morgan fingerprint density at radius 2 is 1.82 bits per heavy atom. The van der Waals surface area contributed by atoms with E-state index in [4.69, 9.17) is 16.3 Å². The molecule has 0 spiro atoms. The number of hydrogen-bond acceptors (Lipinski definition) is 7. The molecule has 1 saturated heterocycles. The number of halogens is 1. The first-order valence-corrected chi connectivity index (χ1v) is 14.8. The first-order valence-electron chi connectivity index (χ1n) is 13.3. The van der Waals surface area contributed by atoms with Crippen molar-refractivity contribution in [3.05, 3.63) is 47.1 Å². The van der Waals surface area contributed by atoms with Crippen LogP contribution in [0.15, 0.2) is 52.2 Å². The number of amides is 2. The van der Waals surface area contributed by atoms with Crippen LogP contribution in [0.25, 0.3) is 0 Å². The van der Waals surface area contributed by atoms with Gasteiger partial charge in [-0.05, 0) is 57.0 Å². The Morgan fingerprint density at radius 3 is 2.36 bits per heavy atom. The van der Waals surface area contributed by atoms with Crippen molar-refractivity contribution in [1.29, 1.82) is 0 Å². The summed E-state index contributed by atoms with van der Waals surface area (Å²) in [6, 6.07) is 8.21. The van der Waals surface area contributed by atoms with Crippen molar-refractivity contribution in [2.45, 2.75) is 46.6 Å². The van der Waals surface area contributed by atoms with E-state index in [-0.39, 0.29) is 12.5 Å². The Hall–Kier alpha value is -2.65. The van der Waals surface area contributed by atoms with Crippen molar-refractivity contribution >= 4 is 47.6 Å². The third-order valence-electron chi connectivity index (χ3n) is 5.68. The number of rotatable bonds is 13. The molecule has 1 fully saturated rings. The van der Waals surface area contributed by atoms with Crippen LogP contribution in [0, 0.1) is 0 Å². The van der Waals surface area contributed by atoms with Crippen molar-refractivity contribution in [2.75, 3.05) is 63.7 Å². The highest BCUT2D eigenvalue weighted by Gasteiger charge is 2.18. The topological polar surface area (TPSA) is 68.7 Å². The van der Waals surface area contributed by atoms with Crippen molar-refractivity contribution in [1.82, 2.24) is 14.8 Å². The number of allylic oxidation sites excluding steroid dienone is 2. The van der Waals surface area contributed by atoms with Gasteiger partial charge in [-0.1, -0.05) is 31.0 Å². The van der Waals surface area contributed by atoms with Gasteiger partial charge in [0, 0.05) is 69.2 Å². The standard InChI is InChI=1S/C16H25ClN4O2S.C13H21NO/c1-14(4-5-19(3)11-15(2)17)10-18-21(13-22)12-16(23)20-6-8-24-9-7-20;1-5-6-11(2)15-13-9-7-12(8-10-13)14(3)4/h4,10-11,13H,5-9,12H2,1-3H3;7-11H,5-6H2,1-4H3/b14-4+,15-11+,18-10+;. The maximum atomic E-state index is 12.1. The van der Waals surface area contributed by atoms with Gasteiger partial charge in [0.05, 0.1) is 12.3 Å². The summed E-state index contributed by atoms with van der Waals surface area (Å²) < 4.78 is 5.77. The summed E-state index contributed by atoms with van der Waals surface area (Å²) in [7, 11) is 5.99. The molecule has 0 saturated carbocycles. The van der Waals surface area contributed by atoms with Crippen LogP contribution in [-0.4, -0.2) is 98.3 Å². The van der Waals surface area contributed by atoms with Crippen LogP contribution in [0.5, 0.6) is 5.75 Å². The van der Waals surface area contributed by atoms with Gasteiger partial charge in [-0.2, -0.15) is 16.9 Å². The highest BCUT2D eigenvalue weighted by Crippen LogP contribution is 2.19. The Bertz CT molecular complexity index is 943. The lowest BCUT2D eigenvalue weighted by Gasteiger charge is -2.27. The number of hydrogen-bond donors (Lipinski definition) is 0. The predicted molar refractivity (Wildman–Crippen MR) is 167 cm³/mol. The second-order valence-electron chi connectivity index (χ2n) is 9.65. The van der Waals surface area contributed by atoms with Crippen molar-refractivity contribution in [3.63, 3.8) is 0 Å². The summed E-state index contributed by atoms with van der Waals surface area (Å²) in [4.78, 5) is 29.0. The monoisotopic (exact) mass is 579 g/mol. The fourth-order valence-corrected chi connectivity index (χ4v) is 4.61. The lowest BCUT2D eigenvalue weighted by molar-refractivity contribution is -0.135. The molecule has 39 heavy (non-hydrogen) atoms. The minimum absolute atomic E-state index is 0.0218. The summed E-state index contributed by atoms with van der Waals surface area (Å²) in [6.07, 6.45) is 8.53. The average molecular weight is 580 g/mol. The summed E-state index contributed by atoms with van der Waals surface area (Å²) >= 11 is 7.65. The van der Waals surface area contributed by atoms with Gasteiger partial charge in [0.15, 0.2) is 0 Å². The number of carbonyl (C=O) groups is 2. The van der Waals surface area contributed by atoms with Gasteiger partial charge in [0.1, 0.15) is 12.3 Å². The van der Waals surface area contributed by atoms with Gasteiger partial charge in [-0.25, -0.2) is 5.01 Å². The van der Waals surface area contributed by atoms with Gasteiger partial charge >= 0.3 is 0 Å². The molecule has 1 aromatic carbocycles. The first kappa shape index (κ1) is 34.4. The lowest BCUT2D eigenvalue weighted by atomic mass is 10.2. The SMILES string of the molecule is C/C(Cl)=C\N(C)C/C=C(C)/C=N/N(C=O)CC(=O)N1CCSCC1.CCCC(C)Oc1ccc(N(C)C)cc1. The van der Waals surface area contributed by atoms with Gasteiger partial charge in [-0.15, -0.1) is 0 Å². The maximum Gasteiger partial charge on any atom is 0.244 e. The molecule has 0 radical (unpaired) electrons. The molecular formula is C29H46ClN5O3S. The predicted octanol–water partition coefficient (Wildman–Crippen LogP) is 5.30. The normalized spacial score (nSPS) is 14.8. The van der Waals surface area contributed by atoms with Crippen molar-refractivity contribution in [3.8, 4) is 5.75 Å². The van der Waals surface area contributed by atoms with Crippen LogP contribution < -0.4 is 9.64 Å². The van der Waals surface area contributed by atoms with E-state index in [2.05, 4.69) is 36.0 Å². The molecule has 1 unspecified atom stereocenters. The zero-order valence-electron chi connectivity index (χ0n) is 24.6. The van der Waals surface area contributed by atoms with Crippen molar-refractivity contribution < 1.29 is 14.3 Å². The zero-order valence-corrected chi connectivity index (χ0v) is 26.2. The molecule has 0 aromatic heterocycles. The molecule has 218 valence electrons. The second kappa shape index (κ2) is 19.4. The first-order chi connectivity index (χ1) is 18.5. The Morgan fingerprint density at radius 1 is 1.18 bits per heavy atom. The van der Waals surface area contributed by atoms with E-state index in [0.29, 0.717) is 24.1 Å². The highest BCUT2D eigenvalue weighted by atomic mass is 35.5. The third kappa shape index (κ3) is 15.5. The largest absolute Gasteiger partial charge is 0.491 e. The van der Waals surface area contributed by atoms with Crippen LogP contribution in [0.1, 0.15) is 40.5 Å². The second-order valence-corrected chi connectivity index (χ2v) is 11.5. The van der Waals surface area contributed by atoms with E-state index in [1.54, 1.807) is 11.1 Å². The summed E-state index contributed by atoms with van der Waals surface area (Å²) in [5.41, 5.74) is 2.10. The minimum Gasteiger partial charge on any atom is -0.491 e. The van der Waals surface area contributed by atoms with E-state index in [9.17, 15) is 9.59 Å². The van der Waals surface area contributed by atoms with E-state index in [0.717, 1.165) is 53.8 Å². The van der Waals surface area contributed by atoms with Crippen LogP contribution in [0.4, 0.5) is 5.69 Å². The van der Waals surface area contributed by atoms with Crippen molar-refractivity contribution in [2.24, 2.45) is 5.10 Å². The molecule has 1 aromatic rings. The van der Waals surface area contributed by atoms with E-state index in [1.165, 1.54) is 5.69 Å². The number of carbonyl (C=O) groups excluding carboxylic acids is 2. The van der Waals surface area contributed by atoms with Crippen LogP contribution >= 0.6 is 23.4 Å². The number of nitrogens with zero attached hydrogens (tertiary/aromatic N) is 5. The van der Waals surface area contributed by atoms with Crippen LogP contribution in [-0.2, 0) is 9.59 Å². The molecule has 0 N–H and O–H groups in total. The Balaban J connectivity index is 0.000000434. The molecule has 2 rings (SSSR count). The lowest BCUT2D eigenvalue weighted by Crippen LogP contribution is -2.42. The number of anilines is 1. The van der Waals surface area contributed by atoms with Gasteiger partial charge in [0.2, 0.25) is 12.3 Å². The fourth-order valence-electron chi connectivity index (χ4n) is 3.54. The molecule has 8 nitrogen and oxygen atoms in total. The van der Waals surface area contributed by atoms with Gasteiger partial charge in [0.25, 0.3) is 0 Å². The Labute approximate surface area is 244 Å². The molecule has 1 aliphatic heterocycles. The fraction of sp³-hybridized carbons (Fsp3) is 0.552. The smallest absolute Gasteiger partial charge is 0.244 e. The quantitative estimate of drug-likeness (QED) is 0.179. The molecule has 1 aliphatic rings. The maximum absolute atomic E-state index is 12.1. The molecule has 1 atom stereocenters. The number of ether oxygens (including phenoxy) is 1. The Kier molecular flexibility index (Phi) is 17.1. The highest BCUT2D eigenvalue weighted by molar-refractivity contribution is 7.99. The number of thioether (sulfide) groups is 1. The zero-order chi connectivity index (χ0) is 29.2. The van der Waals surface area contributed by atoms with Crippen LogP contribution in [0.3, 0.4) is 0 Å². The summed E-state index contributed by atoms with van der Waals surface area (Å²) in [5.74, 6) is 2.79. The number of likely N-dealkylation sites (N-methyl/N-ethyl adjacent to an activating group) is 1. The third-order valence-corrected chi connectivity index (χ3v) is 6.72. The van der Waals surface area contributed by atoms with E-state index < -0.39 is 0 Å². The molecule has 10 heteroatoms. The molecule has 2 amide bonds. The molecule has 1 heterocycles. The number of hydrazone groups is 1. The van der Waals surface area contributed by atoms with E-state index >= 15 is 0 Å². The molecule has 0 aliphatic carbocycles. The van der Waals surface area contributed by atoms with Gasteiger partial charge in [-0.3, -0.25) is 9.59 Å². The van der Waals surface area contributed by atoms with Crippen LogP contribution in [0.2, 0.25) is 0 Å². The summed E-state index contributed by atoms with van der Waals surface area (Å²) in [6.45, 7) is 10.1. The summed E-state index contributed by atoms with van der Waals surface area (Å²) in [5, 5.41) is 5.92. The minimum atomic E-state index is -0.0661. The van der Waals surface area contributed by atoms with E-state index in [1.807, 2.05) is 76.1 Å². The average Bonchev–Trinajstić information content (AvgIpc) is 2.90. The molecular weight excluding hydrogens is 534 g/mol. The molecule has 0 bridgehead atoms.